The van der Waals surface area contributed by atoms with Gasteiger partial charge < -0.3 is 15.3 Å². The second-order valence-corrected chi connectivity index (χ2v) is 5.97. The van der Waals surface area contributed by atoms with Crippen molar-refractivity contribution in [1.29, 1.82) is 0 Å². The Bertz CT molecular complexity index is 508. The molecule has 1 heterocycles. The van der Waals surface area contributed by atoms with Crippen LogP contribution in [-0.4, -0.2) is 54.2 Å². The van der Waals surface area contributed by atoms with E-state index in [4.69, 9.17) is 0 Å². The molecule has 1 aromatic rings. The molecule has 0 aromatic heterocycles. The molecular weight excluding hydrogens is 266 g/mol. The van der Waals surface area contributed by atoms with E-state index in [1.54, 1.807) is 6.07 Å². The van der Waals surface area contributed by atoms with Gasteiger partial charge in [-0.3, -0.25) is 9.69 Å². The lowest BCUT2D eigenvalue weighted by Crippen LogP contribution is -2.54. The van der Waals surface area contributed by atoms with Gasteiger partial charge in [-0.15, -0.1) is 0 Å². The molecule has 1 saturated carbocycles. The van der Waals surface area contributed by atoms with Gasteiger partial charge in [-0.2, -0.15) is 0 Å². The van der Waals surface area contributed by atoms with E-state index in [9.17, 15) is 9.90 Å². The van der Waals surface area contributed by atoms with Crippen LogP contribution < -0.4 is 10.2 Å². The van der Waals surface area contributed by atoms with Crippen LogP contribution in [0.1, 0.15) is 19.8 Å². The maximum Gasteiger partial charge on any atom is 0.237 e. The van der Waals surface area contributed by atoms with Crippen molar-refractivity contribution in [1.82, 2.24) is 10.2 Å². The van der Waals surface area contributed by atoms with Crippen LogP contribution in [0.5, 0.6) is 5.75 Å². The van der Waals surface area contributed by atoms with Gasteiger partial charge in [0, 0.05) is 32.2 Å². The van der Waals surface area contributed by atoms with Gasteiger partial charge in [0.25, 0.3) is 0 Å². The van der Waals surface area contributed by atoms with E-state index in [1.807, 2.05) is 25.1 Å². The van der Waals surface area contributed by atoms with Crippen LogP contribution in [0.2, 0.25) is 0 Å². The van der Waals surface area contributed by atoms with E-state index in [-0.39, 0.29) is 11.9 Å². The van der Waals surface area contributed by atoms with Crippen molar-refractivity contribution in [2.75, 3.05) is 31.1 Å². The lowest BCUT2D eigenvalue weighted by atomic mass is 10.2. The predicted molar refractivity (Wildman–Crippen MR) is 82.5 cm³/mol. The normalized spacial score (nSPS) is 21.1. The molecule has 3 rings (SSSR count). The predicted octanol–water partition coefficient (Wildman–Crippen LogP) is 1.18. The summed E-state index contributed by atoms with van der Waals surface area (Å²) in [4.78, 5) is 16.5. The zero-order valence-corrected chi connectivity index (χ0v) is 12.5. The first-order chi connectivity index (χ1) is 10.1. The molecule has 5 heteroatoms. The summed E-state index contributed by atoms with van der Waals surface area (Å²) >= 11 is 0. The van der Waals surface area contributed by atoms with Crippen LogP contribution in [0, 0.1) is 0 Å². The monoisotopic (exact) mass is 289 g/mol. The molecule has 0 spiro atoms. The Hall–Kier alpha value is -1.75. The lowest BCUT2D eigenvalue weighted by Gasteiger charge is -2.38. The van der Waals surface area contributed by atoms with Crippen LogP contribution in [0.25, 0.3) is 0 Å². The number of nitrogens with zero attached hydrogens (tertiary/aromatic N) is 2. The number of amides is 1. The molecule has 1 aliphatic carbocycles. The highest BCUT2D eigenvalue weighted by Crippen LogP contribution is 2.27. The number of piperazine rings is 1. The molecule has 0 radical (unpaired) electrons. The van der Waals surface area contributed by atoms with Crippen molar-refractivity contribution in [3.8, 4) is 5.75 Å². The standard InChI is InChI=1S/C16H23N3O2/c1-12(16(21)17-13-6-7-13)18-8-10-19(11-9-18)14-4-2-3-5-15(14)20/h2-5,12-13,20H,6-11H2,1H3,(H,17,21)/t12-/m1/s1. The van der Waals surface area contributed by atoms with Crippen LogP contribution in [0.15, 0.2) is 24.3 Å². The third-order valence-electron chi connectivity index (χ3n) is 4.39. The van der Waals surface area contributed by atoms with E-state index < -0.39 is 0 Å². The molecule has 2 N–H and O–H groups in total. The number of rotatable bonds is 4. The largest absolute Gasteiger partial charge is 0.506 e. The number of hydrogen-bond acceptors (Lipinski definition) is 4. The summed E-state index contributed by atoms with van der Waals surface area (Å²) in [5.74, 6) is 0.471. The number of carbonyl (C=O) groups is 1. The Labute approximate surface area is 125 Å². The topological polar surface area (TPSA) is 55.8 Å². The van der Waals surface area contributed by atoms with E-state index in [0.29, 0.717) is 11.8 Å². The number of phenolic OH excluding ortho intramolecular Hbond substituents is 1. The maximum absolute atomic E-state index is 12.1. The molecule has 1 amide bonds. The second-order valence-electron chi connectivity index (χ2n) is 5.97. The van der Waals surface area contributed by atoms with Crippen LogP contribution in [0.4, 0.5) is 5.69 Å². The highest BCUT2D eigenvalue weighted by atomic mass is 16.3. The van der Waals surface area contributed by atoms with Gasteiger partial charge in [0.2, 0.25) is 5.91 Å². The number of phenols is 1. The average Bonchev–Trinajstić information content (AvgIpc) is 3.31. The van der Waals surface area contributed by atoms with Crippen LogP contribution in [-0.2, 0) is 4.79 Å². The van der Waals surface area contributed by atoms with E-state index in [0.717, 1.165) is 44.7 Å². The molecule has 1 aliphatic heterocycles. The van der Waals surface area contributed by atoms with Crippen molar-refractivity contribution < 1.29 is 9.90 Å². The minimum absolute atomic E-state index is 0.0721. The lowest BCUT2D eigenvalue weighted by molar-refractivity contribution is -0.126. The molecule has 2 aliphatic rings. The maximum atomic E-state index is 12.1. The fraction of sp³-hybridized carbons (Fsp3) is 0.562. The van der Waals surface area contributed by atoms with Gasteiger partial charge in [-0.05, 0) is 31.9 Å². The summed E-state index contributed by atoms with van der Waals surface area (Å²) in [7, 11) is 0. The molecule has 0 unspecified atom stereocenters. The summed E-state index contributed by atoms with van der Waals surface area (Å²) in [6.45, 7) is 5.33. The van der Waals surface area contributed by atoms with Gasteiger partial charge >= 0.3 is 0 Å². The highest BCUT2D eigenvalue weighted by Gasteiger charge is 2.30. The van der Waals surface area contributed by atoms with E-state index in [2.05, 4.69) is 15.1 Å². The Morgan fingerprint density at radius 1 is 1.24 bits per heavy atom. The quantitative estimate of drug-likeness (QED) is 0.874. The molecule has 1 saturated heterocycles. The zero-order valence-electron chi connectivity index (χ0n) is 12.5. The number of para-hydroxylation sites is 2. The Kier molecular flexibility index (Phi) is 4.01. The highest BCUT2D eigenvalue weighted by molar-refractivity contribution is 5.81. The number of hydrogen-bond donors (Lipinski definition) is 2. The van der Waals surface area contributed by atoms with Gasteiger partial charge in [0.1, 0.15) is 5.75 Å². The van der Waals surface area contributed by atoms with Crippen LogP contribution >= 0.6 is 0 Å². The Morgan fingerprint density at radius 2 is 1.90 bits per heavy atom. The number of aromatic hydroxyl groups is 1. The van der Waals surface area contributed by atoms with Crippen molar-refractivity contribution in [2.45, 2.75) is 31.8 Å². The van der Waals surface area contributed by atoms with E-state index in [1.165, 1.54) is 0 Å². The smallest absolute Gasteiger partial charge is 0.237 e. The summed E-state index contributed by atoms with van der Waals surface area (Å²) in [5, 5.41) is 13.0. The number of nitrogens with one attached hydrogen (secondary N) is 1. The van der Waals surface area contributed by atoms with Gasteiger partial charge in [-0.1, -0.05) is 12.1 Å². The molecule has 5 nitrogen and oxygen atoms in total. The molecule has 0 bridgehead atoms. The fourth-order valence-electron chi connectivity index (χ4n) is 2.80. The van der Waals surface area contributed by atoms with Crippen molar-refractivity contribution >= 4 is 11.6 Å². The summed E-state index contributed by atoms with van der Waals surface area (Å²) in [5.41, 5.74) is 0.882. The van der Waals surface area contributed by atoms with E-state index >= 15 is 0 Å². The third-order valence-corrected chi connectivity index (χ3v) is 4.39. The Morgan fingerprint density at radius 3 is 2.52 bits per heavy atom. The first kappa shape index (κ1) is 14.2. The zero-order chi connectivity index (χ0) is 14.8. The first-order valence-electron chi connectivity index (χ1n) is 7.72. The summed E-state index contributed by atoms with van der Waals surface area (Å²) < 4.78 is 0. The summed E-state index contributed by atoms with van der Waals surface area (Å²) in [6, 6.07) is 7.77. The number of benzene rings is 1. The van der Waals surface area contributed by atoms with Crippen molar-refractivity contribution in [3.05, 3.63) is 24.3 Å². The Balaban J connectivity index is 1.54. The van der Waals surface area contributed by atoms with Crippen LogP contribution in [0.3, 0.4) is 0 Å². The minimum Gasteiger partial charge on any atom is -0.506 e. The molecule has 114 valence electrons. The number of carbonyl (C=O) groups excluding carboxylic acids is 1. The fourth-order valence-corrected chi connectivity index (χ4v) is 2.80. The molecule has 1 atom stereocenters. The second kappa shape index (κ2) is 5.93. The summed E-state index contributed by atoms with van der Waals surface area (Å²) in [6.07, 6.45) is 2.25. The molecule has 21 heavy (non-hydrogen) atoms. The SMILES string of the molecule is C[C@H](C(=O)NC1CC1)N1CCN(c2ccccc2O)CC1. The molecular formula is C16H23N3O2. The van der Waals surface area contributed by atoms with Gasteiger partial charge in [0.05, 0.1) is 11.7 Å². The van der Waals surface area contributed by atoms with Gasteiger partial charge in [-0.25, -0.2) is 0 Å². The average molecular weight is 289 g/mol. The third kappa shape index (κ3) is 3.29. The first-order valence-corrected chi connectivity index (χ1v) is 7.72. The molecule has 2 fully saturated rings. The molecule has 1 aromatic carbocycles. The number of anilines is 1. The van der Waals surface area contributed by atoms with Gasteiger partial charge in [0.15, 0.2) is 0 Å². The van der Waals surface area contributed by atoms with Crippen molar-refractivity contribution in [2.24, 2.45) is 0 Å². The minimum atomic E-state index is -0.0721. The van der Waals surface area contributed by atoms with Crippen molar-refractivity contribution in [3.63, 3.8) is 0 Å².